The van der Waals surface area contributed by atoms with Crippen LogP contribution in [0.2, 0.25) is 0 Å². The van der Waals surface area contributed by atoms with Gasteiger partial charge in [-0.15, -0.1) is 0 Å². The zero-order chi connectivity index (χ0) is 20.3. The van der Waals surface area contributed by atoms with Crippen LogP contribution in [-0.2, 0) is 12.7 Å². The lowest BCUT2D eigenvalue weighted by Gasteiger charge is -2.16. The molecule has 0 aliphatic rings. The van der Waals surface area contributed by atoms with Gasteiger partial charge in [-0.05, 0) is 43.2 Å². The smallest absolute Gasteiger partial charge is 0.416 e. The first kappa shape index (κ1) is 19.7. The number of nitrogens with zero attached hydrogens (tertiary/aromatic N) is 2. The molecule has 0 fully saturated rings. The predicted molar refractivity (Wildman–Crippen MR) is 101 cm³/mol. The lowest BCUT2D eigenvalue weighted by Crippen LogP contribution is -2.17. The van der Waals surface area contributed by atoms with Gasteiger partial charge in [0.2, 0.25) is 0 Å². The fourth-order valence-corrected chi connectivity index (χ4v) is 2.72. The van der Waals surface area contributed by atoms with E-state index in [-0.39, 0.29) is 17.8 Å². The van der Waals surface area contributed by atoms with Crippen LogP contribution in [0.4, 0.5) is 18.9 Å². The lowest BCUT2D eigenvalue weighted by molar-refractivity contribution is -0.137. The number of benzene rings is 1. The van der Waals surface area contributed by atoms with Gasteiger partial charge in [0.1, 0.15) is 11.4 Å². The van der Waals surface area contributed by atoms with Gasteiger partial charge in [0.25, 0.3) is 5.56 Å². The van der Waals surface area contributed by atoms with Gasteiger partial charge in [0.15, 0.2) is 0 Å². The van der Waals surface area contributed by atoms with Crippen molar-refractivity contribution in [3.63, 3.8) is 0 Å². The Morgan fingerprint density at radius 2 is 1.96 bits per heavy atom. The van der Waals surface area contributed by atoms with Gasteiger partial charge in [0, 0.05) is 12.3 Å². The number of aromatic nitrogens is 2. The summed E-state index contributed by atoms with van der Waals surface area (Å²) in [5.41, 5.74) is 0.991. The molecule has 0 spiro atoms. The number of rotatable bonds is 6. The van der Waals surface area contributed by atoms with Crippen molar-refractivity contribution in [3.8, 4) is 5.75 Å². The number of nitrogens with one attached hydrogen (secondary N) is 1. The van der Waals surface area contributed by atoms with E-state index in [9.17, 15) is 18.0 Å². The highest BCUT2D eigenvalue weighted by atomic mass is 19.4. The van der Waals surface area contributed by atoms with Crippen molar-refractivity contribution in [1.82, 2.24) is 9.38 Å². The minimum Gasteiger partial charge on any atom is -0.491 e. The van der Waals surface area contributed by atoms with Gasteiger partial charge in [-0.25, -0.2) is 4.98 Å². The highest BCUT2D eigenvalue weighted by Gasteiger charge is 2.31. The number of fused-ring (bicyclic) bond motifs is 1. The van der Waals surface area contributed by atoms with E-state index in [4.69, 9.17) is 4.74 Å². The molecule has 3 rings (SSSR count). The zero-order valence-corrected chi connectivity index (χ0v) is 15.5. The van der Waals surface area contributed by atoms with Crippen molar-refractivity contribution < 1.29 is 17.9 Å². The van der Waals surface area contributed by atoms with Gasteiger partial charge < -0.3 is 10.1 Å². The molecule has 0 bridgehead atoms. The maximum Gasteiger partial charge on any atom is 0.416 e. The summed E-state index contributed by atoms with van der Waals surface area (Å²) in [4.78, 5) is 16.7. The molecule has 28 heavy (non-hydrogen) atoms. The Balaban J connectivity index is 1.89. The molecule has 0 atom stereocenters. The summed E-state index contributed by atoms with van der Waals surface area (Å²) in [6.45, 7) is 4.25. The van der Waals surface area contributed by atoms with Crippen molar-refractivity contribution in [2.75, 3.05) is 11.9 Å². The van der Waals surface area contributed by atoms with E-state index >= 15 is 0 Å². The van der Waals surface area contributed by atoms with Crippen molar-refractivity contribution in [1.29, 1.82) is 0 Å². The second-order valence-electron chi connectivity index (χ2n) is 6.43. The molecule has 0 radical (unpaired) electrons. The first-order valence-electron chi connectivity index (χ1n) is 8.85. The number of aryl methyl sites for hydroxylation is 1. The molecule has 0 aliphatic carbocycles. The number of pyridine rings is 1. The summed E-state index contributed by atoms with van der Waals surface area (Å²) in [5, 5.41) is 2.92. The Bertz CT molecular complexity index is 1050. The van der Waals surface area contributed by atoms with Crippen LogP contribution in [0.3, 0.4) is 0 Å². The fourth-order valence-electron chi connectivity index (χ4n) is 2.72. The molecule has 5 nitrogen and oxygen atoms in total. The summed E-state index contributed by atoms with van der Waals surface area (Å²) in [6, 6.07) is 8.20. The molecule has 1 aromatic carbocycles. The summed E-state index contributed by atoms with van der Waals surface area (Å²) in [6.07, 6.45) is -2.05. The molecule has 2 heterocycles. The lowest BCUT2D eigenvalue weighted by atomic mass is 10.1. The normalized spacial score (nSPS) is 11.6. The van der Waals surface area contributed by atoms with Crippen molar-refractivity contribution in [2.24, 2.45) is 0 Å². The number of ether oxygens (including phenoxy) is 1. The molecule has 0 amide bonds. The third-order valence-electron chi connectivity index (χ3n) is 4.09. The number of alkyl halides is 3. The number of anilines is 1. The second-order valence-corrected chi connectivity index (χ2v) is 6.43. The highest BCUT2D eigenvalue weighted by molar-refractivity contribution is 5.58. The maximum absolute atomic E-state index is 13.0. The Labute approximate surface area is 159 Å². The minimum absolute atomic E-state index is 0.0867. The molecule has 1 N–H and O–H groups in total. The summed E-state index contributed by atoms with van der Waals surface area (Å²) >= 11 is 0. The molecule has 0 aliphatic heterocycles. The number of halogens is 3. The quantitative estimate of drug-likeness (QED) is 0.676. The fraction of sp³-hybridized carbons (Fsp3) is 0.300. The van der Waals surface area contributed by atoms with Crippen molar-refractivity contribution >= 4 is 11.3 Å². The molecule has 2 aromatic heterocycles. The Kier molecular flexibility index (Phi) is 5.58. The van der Waals surface area contributed by atoms with E-state index in [1.165, 1.54) is 16.5 Å². The van der Waals surface area contributed by atoms with Crippen molar-refractivity contribution in [3.05, 3.63) is 69.8 Å². The number of hydrogen-bond donors (Lipinski definition) is 1. The molecular formula is C20H20F3N3O2. The first-order valence-corrected chi connectivity index (χ1v) is 8.85. The molecular weight excluding hydrogens is 371 g/mol. The Hall–Kier alpha value is -3.03. The average Bonchev–Trinajstić information content (AvgIpc) is 2.64. The van der Waals surface area contributed by atoms with Crippen LogP contribution < -0.4 is 15.6 Å². The van der Waals surface area contributed by atoms with Crippen molar-refractivity contribution in [2.45, 2.75) is 33.0 Å². The molecule has 8 heteroatoms. The van der Waals surface area contributed by atoms with Crippen LogP contribution in [0, 0.1) is 6.92 Å². The predicted octanol–water partition coefficient (Wildman–Crippen LogP) is 4.42. The molecule has 0 saturated carbocycles. The average molecular weight is 391 g/mol. The van der Waals surface area contributed by atoms with Gasteiger partial charge in [0.05, 0.1) is 30.1 Å². The Morgan fingerprint density at radius 3 is 2.68 bits per heavy atom. The van der Waals surface area contributed by atoms with Crippen LogP contribution in [0.5, 0.6) is 5.75 Å². The molecule has 148 valence electrons. The van der Waals surface area contributed by atoms with Crippen LogP contribution in [-0.4, -0.2) is 16.0 Å². The second kappa shape index (κ2) is 7.92. The van der Waals surface area contributed by atoms with E-state index in [1.807, 2.05) is 19.9 Å². The van der Waals surface area contributed by atoms with Gasteiger partial charge >= 0.3 is 6.18 Å². The largest absolute Gasteiger partial charge is 0.491 e. The van der Waals surface area contributed by atoms with E-state index in [2.05, 4.69) is 10.3 Å². The monoisotopic (exact) mass is 391 g/mol. The molecule has 0 saturated heterocycles. The molecule has 0 unspecified atom stereocenters. The van der Waals surface area contributed by atoms with E-state index in [0.29, 0.717) is 23.7 Å². The minimum atomic E-state index is -4.46. The van der Waals surface area contributed by atoms with Crippen LogP contribution in [0.25, 0.3) is 5.65 Å². The third kappa shape index (κ3) is 4.44. The first-order chi connectivity index (χ1) is 13.3. The van der Waals surface area contributed by atoms with Crippen LogP contribution in [0.15, 0.2) is 47.4 Å². The molecule has 3 aromatic rings. The summed E-state index contributed by atoms with van der Waals surface area (Å²) in [5.74, 6) is 0.322. The van der Waals surface area contributed by atoms with Crippen LogP contribution in [0.1, 0.15) is 30.2 Å². The maximum atomic E-state index is 13.0. The Morgan fingerprint density at radius 1 is 1.18 bits per heavy atom. The highest BCUT2D eigenvalue weighted by Crippen LogP contribution is 2.35. The van der Waals surface area contributed by atoms with E-state index in [1.54, 1.807) is 12.3 Å². The van der Waals surface area contributed by atoms with Crippen LogP contribution >= 0.6 is 0 Å². The number of hydrogen-bond acceptors (Lipinski definition) is 4. The van der Waals surface area contributed by atoms with E-state index in [0.717, 1.165) is 24.1 Å². The standard InChI is InChI=1S/C20H20F3N3O2/c1-3-8-28-17-6-5-14(20(21,22)23)9-16(17)24-11-15-10-19(27)26-12-13(2)4-7-18(26)25-15/h4-7,9-10,12,24H,3,8,11H2,1-2H3. The van der Waals surface area contributed by atoms with Gasteiger partial charge in [-0.3, -0.25) is 9.20 Å². The van der Waals surface area contributed by atoms with E-state index < -0.39 is 11.7 Å². The van der Waals surface area contributed by atoms with Gasteiger partial charge in [-0.1, -0.05) is 13.0 Å². The zero-order valence-electron chi connectivity index (χ0n) is 15.5. The SMILES string of the molecule is CCCOc1ccc(C(F)(F)F)cc1NCc1cc(=O)n2cc(C)ccc2n1. The third-order valence-corrected chi connectivity index (χ3v) is 4.09. The summed E-state index contributed by atoms with van der Waals surface area (Å²) < 4.78 is 46.1. The summed E-state index contributed by atoms with van der Waals surface area (Å²) in [7, 11) is 0. The van der Waals surface area contributed by atoms with Gasteiger partial charge in [-0.2, -0.15) is 13.2 Å². The topological polar surface area (TPSA) is 55.6 Å².